The standard InChI is InChI=1S/C19H34N4O2.HI/c1-14-9-13-25-16(14)17(24)21-11-7-12-22-18(20-6)23-15(2)8-10-19(3,4)5;/h9,13,15H,7-8,10-12H2,1-6H3,(H,21,24)(H2,20,22,23);1H. The van der Waals surface area contributed by atoms with Gasteiger partial charge in [0.05, 0.1) is 6.26 Å². The quantitative estimate of drug-likeness (QED) is 0.231. The molecule has 0 fully saturated rings. The molecule has 1 atom stereocenters. The molecule has 150 valence electrons. The summed E-state index contributed by atoms with van der Waals surface area (Å²) in [6.07, 6.45) is 4.60. The average Bonchev–Trinajstić information content (AvgIpc) is 2.96. The van der Waals surface area contributed by atoms with Crippen LogP contribution in [0.15, 0.2) is 21.7 Å². The van der Waals surface area contributed by atoms with E-state index in [2.05, 4.69) is 48.6 Å². The van der Waals surface area contributed by atoms with E-state index in [-0.39, 0.29) is 29.9 Å². The normalized spacial score (nSPS) is 12.9. The molecule has 0 aliphatic heterocycles. The monoisotopic (exact) mass is 478 g/mol. The van der Waals surface area contributed by atoms with Crippen molar-refractivity contribution >= 4 is 35.8 Å². The Bertz CT molecular complexity index is 564. The number of hydrogen-bond acceptors (Lipinski definition) is 3. The molecule has 6 nitrogen and oxygen atoms in total. The molecule has 0 aliphatic rings. The zero-order chi connectivity index (χ0) is 18.9. The van der Waals surface area contributed by atoms with Gasteiger partial charge in [-0.2, -0.15) is 0 Å². The molecule has 3 N–H and O–H groups in total. The number of rotatable bonds is 8. The Kier molecular flexibility index (Phi) is 11.6. The minimum atomic E-state index is -0.166. The zero-order valence-electron chi connectivity index (χ0n) is 16.9. The first-order chi connectivity index (χ1) is 11.7. The van der Waals surface area contributed by atoms with E-state index in [4.69, 9.17) is 4.42 Å². The molecular formula is C19H35IN4O2. The van der Waals surface area contributed by atoms with E-state index in [0.717, 1.165) is 37.3 Å². The molecule has 0 aromatic carbocycles. The summed E-state index contributed by atoms with van der Waals surface area (Å²) in [5.41, 5.74) is 1.20. The largest absolute Gasteiger partial charge is 0.459 e. The Hall–Kier alpha value is -1.25. The Morgan fingerprint density at radius 2 is 1.92 bits per heavy atom. The first kappa shape index (κ1) is 24.8. The van der Waals surface area contributed by atoms with Gasteiger partial charge in [0, 0.05) is 31.7 Å². The second kappa shape index (κ2) is 12.2. The van der Waals surface area contributed by atoms with Crippen molar-refractivity contribution in [2.45, 2.75) is 59.9 Å². The van der Waals surface area contributed by atoms with Crippen molar-refractivity contribution in [1.82, 2.24) is 16.0 Å². The first-order valence-corrected chi connectivity index (χ1v) is 9.02. The number of nitrogens with zero attached hydrogens (tertiary/aromatic N) is 1. The molecule has 0 aliphatic carbocycles. The molecule has 1 rings (SSSR count). The van der Waals surface area contributed by atoms with Crippen LogP contribution < -0.4 is 16.0 Å². The summed E-state index contributed by atoms with van der Waals surface area (Å²) in [7, 11) is 1.77. The molecule has 1 aromatic heterocycles. The third-order valence-electron chi connectivity index (χ3n) is 3.93. The highest BCUT2D eigenvalue weighted by Gasteiger charge is 2.13. The van der Waals surface area contributed by atoms with E-state index in [9.17, 15) is 4.79 Å². The van der Waals surface area contributed by atoms with Gasteiger partial charge in [-0.05, 0) is 44.6 Å². The van der Waals surface area contributed by atoms with Gasteiger partial charge in [0.25, 0.3) is 5.91 Å². The van der Waals surface area contributed by atoms with Crippen molar-refractivity contribution < 1.29 is 9.21 Å². The zero-order valence-corrected chi connectivity index (χ0v) is 19.3. The van der Waals surface area contributed by atoms with Crippen LogP contribution in [0.5, 0.6) is 0 Å². The Morgan fingerprint density at radius 3 is 2.46 bits per heavy atom. The lowest BCUT2D eigenvalue weighted by Gasteiger charge is -2.23. The Labute approximate surface area is 175 Å². The van der Waals surface area contributed by atoms with Crippen LogP contribution in [-0.2, 0) is 0 Å². The van der Waals surface area contributed by atoms with Crippen molar-refractivity contribution in [3.8, 4) is 0 Å². The van der Waals surface area contributed by atoms with Gasteiger partial charge in [-0.15, -0.1) is 24.0 Å². The molecule has 1 amide bonds. The van der Waals surface area contributed by atoms with Crippen molar-refractivity contribution in [3.63, 3.8) is 0 Å². The number of nitrogens with one attached hydrogen (secondary N) is 3. The van der Waals surface area contributed by atoms with E-state index in [1.165, 1.54) is 6.26 Å². The fraction of sp³-hybridized carbons (Fsp3) is 0.684. The van der Waals surface area contributed by atoms with Crippen LogP contribution >= 0.6 is 24.0 Å². The number of carbonyl (C=O) groups is 1. The molecule has 1 aromatic rings. The third-order valence-corrected chi connectivity index (χ3v) is 3.93. The second-order valence-electron chi connectivity index (χ2n) is 7.69. The fourth-order valence-corrected chi connectivity index (χ4v) is 2.33. The van der Waals surface area contributed by atoms with Gasteiger partial charge >= 0.3 is 0 Å². The summed E-state index contributed by atoms with van der Waals surface area (Å²) in [4.78, 5) is 16.2. The van der Waals surface area contributed by atoms with E-state index in [1.807, 2.05) is 6.92 Å². The molecule has 7 heteroatoms. The van der Waals surface area contributed by atoms with Crippen LogP contribution in [0.1, 0.15) is 63.1 Å². The molecule has 0 radical (unpaired) electrons. The maximum Gasteiger partial charge on any atom is 0.287 e. The van der Waals surface area contributed by atoms with Gasteiger partial charge in [0.1, 0.15) is 0 Å². The van der Waals surface area contributed by atoms with Crippen LogP contribution in [-0.4, -0.2) is 38.0 Å². The summed E-state index contributed by atoms with van der Waals surface area (Å²) in [6, 6.07) is 2.15. The SMILES string of the molecule is CN=C(NCCCNC(=O)c1occc1C)NC(C)CCC(C)(C)C.I. The van der Waals surface area contributed by atoms with Gasteiger partial charge < -0.3 is 20.4 Å². The van der Waals surface area contributed by atoms with Gasteiger partial charge in [-0.25, -0.2) is 0 Å². The van der Waals surface area contributed by atoms with Gasteiger partial charge in [-0.1, -0.05) is 20.8 Å². The van der Waals surface area contributed by atoms with Crippen molar-refractivity contribution in [3.05, 3.63) is 23.7 Å². The van der Waals surface area contributed by atoms with E-state index >= 15 is 0 Å². The van der Waals surface area contributed by atoms with Crippen molar-refractivity contribution in [2.24, 2.45) is 10.4 Å². The molecule has 0 saturated carbocycles. The van der Waals surface area contributed by atoms with Crippen LogP contribution in [0.25, 0.3) is 0 Å². The highest BCUT2D eigenvalue weighted by Crippen LogP contribution is 2.21. The molecule has 26 heavy (non-hydrogen) atoms. The molecular weight excluding hydrogens is 443 g/mol. The maximum atomic E-state index is 11.9. The second-order valence-corrected chi connectivity index (χ2v) is 7.69. The summed E-state index contributed by atoms with van der Waals surface area (Å²) in [6.45, 7) is 12.1. The highest BCUT2D eigenvalue weighted by molar-refractivity contribution is 14.0. The van der Waals surface area contributed by atoms with E-state index in [1.54, 1.807) is 13.1 Å². The number of guanidine groups is 1. The lowest BCUT2D eigenvalue weighted by Crippen LogP contribution is -2.43. The minimum absolute atomic E-state index is 0. The number of aliphatic imine (C=N–C) groups is 1. The number of amides is 1. The van der Waals surface area contributed by atoms with Crippen LogP contribution in [0, 0.1) is 12.3 Å². The molecule has 0 spiro atoms. The lowest BCUT2D eigenvalue weighted by atomic mass is 9.89. The van der Waals surface area contributed by atoms with Crippen LogP contribution in [0.3, 0.4) is 0 Å². The fourth-order valence-electron chi connectivity index (χ4n) is 2.33. The first-order valence-electron chi connectivity index (χ1n) is 9.02. The predicted octanol–water partition coefficient (Wildman–Crippen LogP) is 3.71. The van der Waals surface area contributed by atoms with E-state index in [0.29, 0.717) is 23.8 Å². The Balaban J connectivity index is 0.00000625. The molecule has 1 unspecified atom stereocenters. The highest BCUT2D eigenvalue weighted by atomic mass is 127. The summed E-state index contributed by atoms with van der Waals surface area (Å²) >= 11 is 0. The summed E-state index contributed by atoms with van der Waals surface area (Å²) in [5.74, 6) is 1.02. The maximum absolute atomic E-state index is 11.9. The average molecular weight is 478 g/mol. The van der Waals surface area contributed by atoms with Crippen LogP contribution in [0.4, 0.5) is 0 Å². The molecule has 0 saturated heterocycles. The number of furan rings is 1. The number of halogens is 1. The van der Waals surface area contributed by atoms with Gasteiger partial charge in [0.2, 0.25) is 0 Å². The van der Waals surface area contributed by atoms with Crippen molar-refractivity contribution in [1.29, 1.82) is 0 Å². The lowest BCUT2D eigenvalue weighted by molar-refractivity contribution is 0.0925. The minimum Gasteiger partial charge on any atom is -0.459 e. The van der Waals surface area contributed by atoms with Crippen LogP contribution in [0.2, 0.25) is 0 Å². The topological polar surface area (TPSA) is 78.7 Å². The Morgan fingerprint density at radius 1 is 1.27 bits per heavy atom. The summed E-state index contributed by atoms with van der Waals surface area (Å²) < 4.78 is 5.17. The number of carbonyl (C=O) groups excluding carboxylic acids is 1. The smallest absolute Gasteiger partial charge is 0.287 e. The number of hydrogen-bond donors (Lipinski definition) is 3. The predicted molar refractivity (Wildman–Crippen MR) is 118 cm³/mol. The summed E-state index contributed by atoms with van der Waals surface area (Å²) in [5, 5.41) is 9.55. The van der Waals surface area contributed by atoms with Gasteiger partial charge in [0.15, 0.2) is 11.7 Å². The van der Waals surface area contributed by atoms with Gasteiger partial charge in [-0.3, -0.25) is 9.79 Å². The van der Waals surface area contributed by atoms with E-state index < -0.39 is 0 Å². The van der Waals surface area contributed by atoms with Crippen molar-refractivity contribution in [2.75, 3.05) is 20.1 Å². The third kappa shape index (κ3) is 10.0. The molecule has 0 bridgehead atoms. The number of aryl methyl sites for hydroxylation is 1. The molecule has 1 heterocycles.